The lowest BCUT2D eigenvalue weighted by atomic mass is 10.1. The fraction of sp³-hybridized carbons (Fsp3) is 0.188. The van der Waals surface area contributed by atoms with Gasteiger partial charge in [0.05, 0.1) is 4.34 Å². The van der Waals surface area contributed by atoms with Crippen molar-refractivity contribution in [2.45, 2.75) is 19.1 Å². The molecule has 3 nitrogen and oxygen atoms in total. The van der Waals surface area contributed by atoms with E-state index in [1.807, 2.05) is 49.4 Å². The van der Waals surface area contributed by atoms with Crippen LogP contribution in [0.3, 0.4) is 0 Å². The third-order valence-corrected chi connectivity index (χ3v) is 4.49. The normalized spacial score (nSPS) is 14.0. The van der Waals surface area contributed by atoms with Crippen LogP contribution in [0.5, 0.6) is 5.75 Å². The molecule has 0 spiro atoms. The van der Waals surface area contributed by atoms with E-state index in [2.05, 4.69) is 4.98 Å². The first-order valence-corrected chi connectivity index (χ1v) is 7.86. The number of thiophene rings is 1. The Morgan fingerprint density at radius 1 is 1.19 bits per heavy atom. The molecule has 0 bridgehead atoms. The van der Waals surface area contributed by atoms with Crippen molar-refractivity contribution in [2.75, 3.05) is 0 Å². The first-order valence-electron chi connectivity index (χ1n) is 6.66. The second-order valence-electron chi connectivity index (χ2n) is 4.87. The van der Waals surface area contributed by atoms with E-state index in [1.54, 1.807) is 6.20 Å². The zero-order valence-electron chi connectivity index (χ0n) is 11.5. The molecule has 0 fully saturated rings. The lowest BCUT2D eigenvalue weighted by Gasteiger charge is -2.22. The SMILES string of the molecule is CC(N)C(Oc1cccc2cccnc12)c1ccc(Cl)s1. The number of benzene rings is 1. The van der Waals surface area contributed by atoms with E-state index in [1.165, 1.54) is 11.3 Å². The number of pyridine rings is 1. The Morgan fingerprint density at radius 2 is 2.00 bits per heavy atom. The van der Waals surface area contributed by atoms with Crippen LogP contribution in [0.25, 0.3) is 10.9 Å². The standard InChI is InChI=1S/C16H15ClN2OS/c1-10(18)16(13-7-8-14(17)21-13)20-12-6-2-4-11-5-3-9-19-15(11)12/h2-10,16H,18H2,1H3. The summed E-state index contributed by atoms with van der Waals surface area (Å²) in [5.74, 6) is 0.736. The molecule has 0 saturated carbocycles. The van der Waals surface area contributed by atoms with Gasteiger partial charge in [0.15, 0.2) is 0 Å². The molecule has 2 heterocycles. The zero-order chi connectivity index (χ0) is 14.8. The Labute approximate surface area is 132 Å². The molecule has 3 aromatic rings. The van der Waals surface area contributed by atoms with Gasteiger partial charge in [-0.1, -0.05) is 29.8 Å². The lowest BCUT2D eigenvalue weighted by Crippen LogP contribution is -2.28. The average molecular weight is 319 g/mol. The van der Waals surface area contributed by atoms with Gasteiger partial charge in [-0.3, -0.25) is 4.98 Å². The number of hydrogen-bond acceptors (Lipinski definition) is 4. The van der Waals surface area contributed by atoms with Crippen molar-refractivity contribution in [3.05, 3.63) is 57.9 Å². The van der Waals surface area contributed by atoms with Gasteiger partial charge in [0, 0.05) is 22.5 Å². The van der Waals surface area contributed by atoms with E-state index in [-0.39, 0.29) is 12.1 Å². The van der Waals surface area contributed by atoms with Crippen molar-refractivity contribution in [2.24, 2.45) is 5.73 Å². The van der Waals surface area contributed by atoms with Gasteiger partial charge in [-0.05, 0) is 31.2 Å². The molecular weight excluding hydrogens is 304 g/mol. The Hall–Kier alpha value is -1.62. The Balaban J connectivity index is 1.99. The maximum Gasteiger partial charge on any atom is 0.148 e. The van der Waals surface area contributed by atoms with E-state index in [9.17, 15) is 0 Å². The van der Waals surface area contributed by atoms with Crippen LogP contribution in [-0.2, 0) is 0 Å². The minimum Gasteiger partial charge on any atom is -0.481 e. The Morgan fingerprint density at radius 3 is 2.71 bits per heavy atom. The van der Waals surface area contributed by atoms with Crippen LogP contribution in [0, 0.1) is 0 Å². The van der Waals surface area contributed by atoms with Crippen molar-refractivity contribution >= 4 is 33.8 Å². The fourth-order valence-corrected chi connectivity index (χ4v) is 3.42. The number of halogens is 1. The third-order valence-electron chi connectivity index (χ3n) is 3.20. The fourth-order valence-electron chi connectivity index (χ4n) is 2.21. The molecule has 1 aromatic carbocycles. The van der Waals surface area contributed by atoms with E-state index in [4.69, 9.17) is 22.1 Å². The minimum atomic E-state index is -0.241. The maximum atomic E-state index is 6.15. The largest absolute Gasteiger partial charge is 0.481 e. The minimum absolute atomic E-state index is 0.154. The summed E-state index contributed by atoms with van der Waals surface area (Å²) in [7, 11) is 0. The number of nitrogens with two attached hydrogens (primary N) is 1. The number of aromatic nitrogens is 1. The van der Waals surface area contributed by atoms with Gasteiger partial charge in [-0.15, -0.1) is 11.3 Å². The van der Waals surface area contributed by atoms with E-state index in [0.717, 1.165) is 25.9 Å². The van der Waals surface area contributed by atoms with E-state index < -0.39 is 0 Å². The van der Waals surface area contributed by atoms with Crippen molar-refractivity contribution in [3.8, 4) is 5.75 Å². The summed E-state index contributed by atoms with van der Waals surface area (Å²) in [6.07, 6.45) is 1.52. The molecule has 2 aromatic heterocycles. The molecule has 2 atom stereocenters. The third kappa shape index (κ3) is 3.02. The van der Waals surface area contributed by atoms with Crippen LogP contribution in [0.2, 0.25) is 4.34 Å². The van der Waals surface area contributed by atoms with Crippen LogP contribution in [0.4, 0.5) is 0 Å². The van der Waals surface area contributed by atoms with Gasteiger partial charge in [0.25, 0.3) is 0 Å². The van der Waals surface area contributed by atoms with Crippen LogP contribution in [-0.4, -0.2) is 11.0 Å². The van der Waals surface area contributed by atoms with Gasteiger partial charge in [0.1, 0.15) is 17.4 Å². The number of nitrogens with zero attached hydrogens (tertiary/aromatic N) is 1. The van der Waals surface area contributed by atoms with Crippen molar-refractivity contribution in [1.29, 1.82) is 0 Å². The molecule has 0 aliphatic heterocycles. The first kappa shape index (κ1) is 14.3. The number of hydrogen-bond donors (Lipinski definition) is 1. The van der Waals surface area contributed by atoms with Crippen LogP contribution < -0.4 is 10.5 Å². The molecule has 0 aliphatic rings. The average Bonchev–Trinajstić information content (AvgIpc) is 2.90. The zero-order valence-corrected chi connectivity index (χ0v) is 13.1. The molecule has 21 heavy (non-hydrogen) atoms. The highest BCUT2D eigenvalue weighted by Gasteiger charge is 2.21. The summed E-state index contributed by atoms with van der Waals surface area (Å²) in [6, 6.07) is 13.5. The summed E-state index contributed by atoms with van der Waals surface area (Å²) in [5.41, 5.74) is 6.93. The van der Waals surface area contributed by atoms with E-state index >= 15 is 0 Å². The summed E-state index contributed by atoms with van der Waals surface area (Å²) in [4.78, 5) is 5.42. The molecule has 0 amide bonds. The summed E-state index contributed by atoms with van der Waals surface area (Å²) < 4.78 is 6.88. The van der Waals surface area contributed by atoms with Gasteiger partial charge in [0.2, 0.25) is 0 Å². The summed E-state index contributed by atoms with van der Waals surface area (Å²) >= 11 is 7.51. The number of para-hydroxylation sites is 1. The molecular formula is C16H15ClN2OS. The van der Waals surface area contributed by atoms with Crippen LogP contribution in [0.15, 0.2) is 48.7 Å². The Bertz CT molecular complexity index is 751. The second kappa shape index (κ2) is 6.02. The summed E-state index contributed by atoms with van der Waals surface area (Å²) in [6.45, 7) is 1.93. The maximum absolute atomic E-state index is 6.15. The van der Waals surface area contributed by atoms with Crippen molar-refractivity contribution in [1.82, 2.24) is 4.98 Å². The molecule has 2 unspecified atom stereocenters. The predicted octanol–water partition coefficient (Wildman–Crippen LogP) is 4.42. The summed E-state index contributed by atoms with van der Waals surface area (Å²) in [5, 5.41) is 1.04. The van der Waals surface area contributed by atoms with Crippen molar-refractivity contribution in [3.63, 3.8) is 0 Å². The van der Waals surface area contributed by atoms with Gasteiger partial charge in [-0.25, -0.2) is 0 Å². The first-order chi connectivity index (χ1) is 10.1. The predicted molar refractivity (Wildman–Crippen MR) is 88.1 cm³/mol. The monoisotopic (exact) mass is 318 g/mol. The number of ether oxygens (including phenoxy) is 1. The molecule has 0 radical (unpaired) electrons. The quantitative estimate of drug-likeness (QED) is 0.774. The highest BCUT2D eigenvalue weighted by molar-refractivity contribution is 7.16. The van der Waals surface area contributed by atoms with Gasteiger partial charge < -0.3 is 10.5 Å². The highest BCUT2D eigenvalue weighted by Crippen LogP contribution is 2.34. The van der Waals surface area contributed by atoms with Crippen LogP contribution >= 0.6 is 22.9 Å². The van der Waals surface area contributed by atoms with Crippen molar-refractivity contribution < 1.29 is 4.74 Å². The lowest BCUT2D eigenvalue weighted by molar-refractivity contribution is 0.186. The highest BCUT2D eigenvalue weighted by atomic mass is 35.5. The topological polar surface area (TPSA) is 48.1 Å². The molecule has 108 valence electrons. The molecule has 0 aliphatic carbocycles. The molecule has 2 N–H and O–H groups in total. The molecule has 3 rings (SSSR count). The number of fused-ring (bicyclic) bond motifs is 1. The van der Waals surface area contributed by atoms with Crippen LogP contribution in [0.1, 0.15) is 17.9 Å². The molecule has 0 saturated heterocycles. The molecule has 5 heteroatoms. The second-order valence-corrected chi connectivity index (χ2v) is 6.62. The number of rotatable bonds is 4. The van der Waals surface area contributed by atoms with Gasteiger partial charge >= 0.3 is 0 Å². The Kier molecular flexibility index (Phi) is 4.10. The van der Waals surface area contributed by atoms with Gasteiger partial charge in [-0.2, -0.15) is 0 Å². The van der Waals surface area contributed by atoms with E-state index in [0.29, 0.717) is 0 Å². The smallest absolute Gasteiger partial charge is 0.148 e.